The molecule has 0 spiro atoms. The minimum absolute atomic E-state index is 0.194. The zero-order valence-electron chi connectivity index (χ0n) is 21.2. The second-order valence-electron chi connectivity index (χ2n) is 9.06. The Morgan fingerprint density at radius 2 is 1.84 bits per heavy atom. The van der Waals surface area contributed by atoms with E-state index in [1.165, 1.54) is 19.5 Å². The first-order valence-corrected chi connectivity index (χ1v) is 12.8. The summed E-state index contributed by atoms with van der Waals surface area (Å²) < 4.78 is 11.6. The van der Waals surface area contributed by atoms with E-state index < -0.39 is 6.10 Å². The van der Waals surface area contributed by atoms with E-state index in [0.717, 1.165) is 24.0 Å². The molecule has 2 amide bonds. The highest BCUT2D eigenvalue weighted by Crippen LogP contribution is 2.36. The Balaban J connectivity index is 1.42. The fourth-order valence-electron chi connectivity index (χ4n) is 4.40. The smallest absolute Gasteiger partial charge is 0.322 e. The van der Waals surface area contributed by atoms with Crippen molar-refractivity contribution in [2.45, 2.75) is 13.0 Å². The Labute approximate surface area is 229 Å². The standard InChI is InChI=1S/C26H27Cl2N7O3/c1-15(23-19(27)13-29-14-20(23)28)38-17-4-5-21-18(11-17)24(33-32-21)16-10-22(25(37-3)30-12-16)31-26(36)35-8-6-34(2)7-9-35/h4-5,10-15H,6-9H2,1-3H3,(H,31,36)(H,32,33). The van der Waals surface area contributed by atoms with E-state index in [1.807, 2.05) is 38.2 Å². The average molecular weight is 556 g/mol. The van der Waals surface area contributed by atoms with Crippen LogP contribution in [0.1, 0.15) is 18.6 Å². The van der Waals surface area contributed by atoms with Gasteiger partial charge in [-0.2, -0.15) is 5.10 Å². The summed E-state index contributed by atoms with van der Waals surface area (Å²) >= 11 is 12.6. The number of benzene rings is 1. The van der Waals surface area contributed by atoms with Crippen molar-refractivity contribution >= 4 is 45.8 Å². The van der Waals surface area contributed by atoms with Gasteiger partial charge in [-0.1, -0.05) is 23.2 Å². The van der Waals surface area contributed by atoms with E-state index in [2.05, 4.69) is 30.4 Å². The molecular weight excluding hydrogens is 529 g/mol. The van der Waals surface area contributed by atoms with Crippen molar-refractivity contribution in [1.82, 2.24) is 30.0 Å². The first-order chi connectivity index (χ1) is 18.3. The van der Waals surface area contributed by atoms with Crippen molar-refractivity contribution in [1.29, 1.82) is 0 Å². The van der Waals surface area contributed by atoms with Gasteiger partial charge in [-0.25, -0.2) is 9.78 Å². The van der Waals surface area contributed by atoms with Gasteiger partial charge in [0.1, 0.15) is 23.2 Å². The summed E-state index contributed by atoms with van der Waals surface area (Å²) in [4.78, 5) is 25.3. The third-order valence-corrected chi connectivity index (χ3v) is 7.10. The number of ether oxygens (including phenoxy) is 2. The second-order valence-corrected chi connectivity index (χ2v) is 9.87. The lowest BCUT2D eigenvalue weighted by Crippen LogP contribution is -2.48. The van der Waals surface area contributed by atoms with E-state index in [1.54, 1.807) is 11.1 Å². The summed E-state index contributed by atoms with van der Waals surface area (Å²) in [7, 11) is 3.56. The van der Waals surface area contributed by atoms with E-state index in [-0.39, 0.29) is 6.03 Å². The number of aromatic amines is 1. The van der Waals surface area contributed by atoms with Gasteiger partial charge in [0, 0.05) is 61.3 Å². The number of anilines is 1. The first kappa shape index (κ1) is 26.0. The number of hydrogen-bond acceptors (Lipinski definition) is 7. The van der Waals surface area contributed by atoms with Crippen LogP contribution in [0.15, 0.2) is 42.9 Å². The zero-order valence-corrected chi connectivity index (χ0v) is 22.7. The topological polar surface area (TPSA) is 108 Å². The molecule has 2 N–H and O–H groups in total. The summed E-state index contributed by atoms with van der Waals surface area (Å²) in [6.45, 7) is 4.82. The summed E-state index contributed by atoms with van der Waals surface area (Å²) in [5.41, 5.74) is 3.31. The number of pyridine rings is 2. The Bertz CT molecular complexity index is 1450. The number of fused-ring (bicyclic) bond motifs is 1. The number of nitrogens with zero attached hydrogens (tertiary/aromatic N) is 5. The number of carbonyl (C=O) groups is 1. The van der Waals surface area contributed by atoms with Gasteiger partial charge in [-0.15, -0.1) is 0 Å². The van der Waals surface area contributed by atoms with Gasteiger partial charge in [-0.05, 0) is 38.2 Å². The Morgan fingerprint density at radius 1 is 1.11 bits per heavy atom. The molecule has 198 valence electrons. The molecular formula is C26H27Cl2N7O3. The number of piperazine rings is 1. The van der Waals surface area contributed by atoms with Crippen LogP contribution in [0, 0.1) is 0 Å². The highest BCUT2D eigenvalue weighted by molar-refractivity contribution is 6.35. The molecule has 4 aromatic rings. The third-order valence-electron chi connectivity index (χ3n) is 6.49. The summed E-state index contributed by atoms with van der Waals surface area (Å²) in [6.07, 6.45) is 4.32. The Kier molecular flexibility index (Phi) is 7.55. The fraction of sp³-hybridized carbons (Fsp3) is 0.308. The largest absolute Gasteiger partial charge is 0.486 e. The maximum absolute atomic E-state index is 12.9. The minimum atomic E-state index is -0.412. The number of amides is 2. The molecule has 1 aromatic carbocycles. The molecule has 1 aliphatic heterocycles. The Hall–Kier alpha value is -3.60. The lowest BCUT2D eigenvalue weighted by molar-refractivity contribution is 0.164. The minimum Gasteiger partial charge on any atom is -0.486 e. The van der Waals surface area contributed by atoms with Crippen molar-refractivity contribution in [3.63, 3.8) is 0 Å². The highest BCUT2D eigenvalue weighted by Gasteiger charge is 2.22. The fourth-order valence-corrected chi connectivity index (χ4v) is 5.07. The van der Waals surface area contributed by atoms with Gasteiger partial charge >= 0.3 is 6.03 Å². The van der Waals surface area contributed by atoms with Crippen LogP contribution in [0.3, 0.4) is 0 Å². The lowest BCUT2D eigenvalue weighted by atomic mass is 10.1. The molecule has 1 unspecified atom stereocenters. The quantitative estimate of drug-likeness (QED) is 0.334. The van der Waals surface area contributed by atoms with Gasteiger partial charge in [0.2, 0.25) is 5.88 Å². The van der Waals surface area contributed by atoms with Crippen LogP contribution < -0.4 is 14.8 Å². The molecule has 38 heavy (non-hydrogen) atoms. The number of nitrogens with one attached hydrogen (secondary N) is 2. The molecule has 1 atom stereocenters. The predicted octanol–water partition coefficient (Wildman–Crippen LogP) is 5.25. The van der Waals surface area contributed by atoms with Crippen molar-refractivity contribution in [3.8, 4) is 22.9 Å². The maximum atomic E-state index is 12.9. The van der Waals surface area contributed by atoms with E-state index in [9.17, 15) is 4.79 Å². The summed E-state index contributed by atoms with van der Waals surface area (Å²) in [5.74, 6) is 0.932. The normalized spacial score (nSPS) is 14.9. The molecule has 0 radical (unpaired) electrons. The van der Waals surface area contributed by atoms with Crippen LogP contribution in [0.5, 0.6) is 11.6 Å². The zero-order chi connectivity index (χ0) is 26.8. The number of methoxy groups -OCH3 is 1. The van der Waals surface area contributed by atoms with Crippen LogP contribution in [0.2, 0.25) is 10.0 Å². The molecule has 4 heterocycles. The molecule has 12 heteroatoms. The van der Waals surface area contributed by atoms with Gasteiger partial charge in [0.25, 0.3) is 0 Å². The first-order valence-electron chi connectivity index (χ1n) is 12.1. The van der Waals surface area contributed by atoms with Crippen molar-refractivity contribution < 1.29 is 14.3 Å². The molecule has 0 bridgehead atoms. The van der Waals surface area contributed by atoms with Gasteiger partial charge in [0.15, 0.2) is 0 Å². The summed E-state index contributed by atoms with van der Waals surface area (Å²) in [5, 5.41) is 12.2. The van der Waals surface area contributed by atoms with Crippen molar-refractivity contribution in [2.75, 3.05) is 45.7 Å². The number of carbonyl (C=O) groups excluding carboxylic acids is 1. The highest BCUT2D eigenvalue weighted by atomic mass is 35.5. The molecule has 0 saturated carbocycles. The second kappa shape index (κ2) is 11.0. The molecule has 1 aliphatic rings. The number of aromatic nitrogens is 4. The molecule has 1 fully saturated rings. The van der Waals surface area contributed by atoms with E-state index >= 15 is 0 Å². The van der Waals surface area contributed by atoms with Crippen LogP contribution in [-0.2, 0) is 0 Å². The van der Waals surface area contributed by atoms with Crippen LogP contribution in [0.4, 0.5) is 10.5 Å². The molecule has 0 aliphatic carbocycles. The molecule has 10 nitrogen and oxygen atoms in total. The number of halogens is 2. The number of hydrogen-bond donors (Lipinski definition) is 2. The van der Waals surface area contributed by atoms with Crippen molar-refractivity contribution in [3.05, 3.63) is 58.5 Å². The van der Waals surface area contributed by atoms with Crippen LogP contribution >= 0.6 is 23.2 Å². The van der Waals surface area contributed by atoms with E-state index in [0.29, 0.717) is 57.3 Å². The molecule has 1 saturated heterocycles. The maximum Gasteiger partial charge on any atom is 0.322 e. The molecule has 3 aromatic heterocycles. The summed E-state index contributed by atoms with van der Waals surface area (Å²) in [6, 6.07) is 7.23. The Morgan fingerprint density at radius 3 is 2.55 bits per heavy atom. The predicted molar refractivity (Wildman–Crippen MR) is 147 cm³/mol. The number of rotatable bonds is 6. The van der Waals surface area contributed by atoms with Crippen LogP contribution in [0.25, 0.3) is 22.2 Å². The van der Waals surface area contributed by atoms with Crippen molar-refractivity contribution in [2.24, 2.45) is 0 Å². The average Bonchev–Trinajstić information content (AvgIpc) is 3.32. The number of urea groups is 1. The molecule has 5 rings (SSSR count). The van der Waals surface area contributed by atoms with Crippen LogP contribution in [-0.4, -0.2) is 76.3 Å². The van der Waals surface area contributed by atoms with Gasteiger partial charge < -0.3 is 24.6 Å². The number of H-pyrrole nitrogens is 1. The third kappa shape index (κ3) is 5.33. The van der Waals surface area contributed by atoms with Gasteiger partial charge in [0.05, 0.1) is 22.7 Å². The monoisotopic (exact) mass is 555 g/mol. The SMILES string of the molecule is COc1ncc(-c2n[nH]c3ccc(OC(C)c4c(Cl)cncc4Cl)cc23)cc1NC(=O)N1CCN(C)CC1. The van der Waals surface area contributed by atoms with E-state index in [4.69, 9.17) is 32.7 Å². The lowest BCUT2D eigenvalue weighted by Gasteiger charge is -2.32. The number of likely N-dealkylation sites (N-methyl/N-ethyl adjacent to an activating group) is 1. The van der Waals surface area contributed by atoms with Gasteiger partial charge in [-0.3, -0.25) is 10.1 Å².